The molecule has 0 aliphatic carbocycles. The smallest absolute Gasteiger partial charge is 0.0401 e. The summed E-state index contributed by atoms with van der Waals surface area (Å²) in [5, 5.41) is 4.23. The van der Waals surface area contributed by atoms with E-state index in [-0.39, 0.29) is 0 Å². The average Bonchev–Trinajstić information content (AvgIpc) is 3.47. The number of rotatable bonds is 0. The van der Waals surface area contributed by atoms with Gasteiger partial charge in [0.05, 0.1) is 0 Å². The van der Waals surface area contributed by atoms with Crippen molar-refractivity contribution in [1.29, 1.82) is 0 Å². The van der Waals surface area contributed by atoms with Gasteiger partial charge in [-0.3, -0.25) is 9.97 Å². The van der Waals surface area contributed by atoms with Gasteiger partial charge in [0.2, 0.25) is 0 Å². The number of pyridine rings is 2. The summed E-state index contributed by atoms with van der Waals surface area (Å²) in [4.78, 5) is 11.0. The monoisotopic (exact) mass is 544 g/mol. The fourth-order valence-electron chi connectivity index (χ4n) is 2.69. The van der Waals surface area contributed by atoms with Crippen molar-refractivity contribution in [2.45, 2.75) is 69.2 Å². The molecule has 2 nitrogen and oxygen atoms in total. The van der Waals surface area contributed by atoms with Crippen molar-refractivity contribution < 1.29 is 0 Å². The number of hydrogen-bond donors (Lipinski definition) is 0. The third-order valence-corrected chi connectivity index (χ3v) is 8.10. The lowest BCUT2D eigenvalue weighted by molar-refractivity contribution is 1.15. The fraction of sp³-hybridized carbons (Fsp3) is 0.294. The van der Waals surface area contributed by atoms with E-state index in [2.05, 4.69) is 125 Å². The molecule has 0 spiro atoms. The number of thiophene rings is 2. The van der Waals surface area contributed by atoms with E-state index in [1.165, 1.54) is 43.1 Å². The molecular formula is C34H44N2S2. The maximum atomic E-state index is 4.08. The second kappa shape index (κ2) is 18.2. The van der Waals surface area contributed by atoms with Crippen molar-refractivity contribution in [3.63, 3.8) is 0 Å². The zero-order valence-electron chi connectivity index (χ0n) is 24.8. The Bertz CT molecular complexity index is 1090. The molecule has 0 unspecified atom stereocenters. The first-order chi connectivity index (χ1) is 18.0. The molecule has 0 radical (unpaired) electrons. The molecular weight excluding hydrogens is 501 g/mol. The summed E-state index contributed by atoms with van der Waals surface area (Å²) in [6, 6.07) is 20.6. The van der Waals surface area contributed by atoms with Gasteiger partial charge in [-0.2, -0.15) is 0 Å². The van der Waals surface area contributed by atoms with Crippen molar-refractivity contribution in [2.75, 3.05) is 0 Å². The number of aryl methyl sites for hydroxylation is 10. The van der Waals surface area contributed by atoms with E-state index < -0.39 is 0 Å². The predicted molar refractivity (Wildman–Crippen MR) is 171 cm³/mol. The van der Waals surface area contributed by atoms with Crippen LogP contribution in [0.3, 0.4) is 0 Å². The highest BCUT2D eigenvalue weighted by molar-refractivity contribution is 7.10. The topological polar surface area (TPSA) is 25.8 Å². The van der Waals surface area contributed by atoms with Crippen LogP contribution in [0.25, 0.3) is 0 Å². The molecule has 1 aromatic carbocycles. The first-order valence-electron chi connectivity index (χ1n) is 12.8. The molecule has 0 aliphatic heterocycles. The van der Waals surface area contributed by atoms with Gasteiger partial charge in [0, 0.05) is 33.5 Å². The van der Waals surface area contributed by atoms with Crippen molar-refractivity contribution in [3.05, 3.63) is 138 Å². The lowest BCUT2D eigenvalue weighted by Crippen LogP contribution is -1.81. The molecule has 4 aromatic heterocycles. The molecule has 202 valence electrons. The van der Waals surface area contributed by atoms with Crippen LogP contribution in [-0.4, -0.2) is 9.97 Å². The Kier molecular flexibility index (Phi) is 15.8. The second-order valence-electron chi connectivity index (χ2n) is 9.22. The molecule has 0 saturated carbocycles. The summed E-state index contributed by atoms with van der Waals surface area (Å²) in [6.07, 6.45) is 3.62. The van der Waals surface area contributed by atoms with Gasteiger partial charge in [0.25, 0.3) is 0 Å². The lowest BCUT2D eigenvalue weighted by atomic mass is 10.1. The lowest BCUT2D eigenvalue weighted by Gasteiger charge is -1.93. The standard InChI is InChI=1S/C8H10.2C7H9N.2C6H8S/c1-7-5-3-4-6-8(7)2;2*1-6-4-3-5-8-7(6)2;2*1-5-3-4-7-6(5)2/h3-6H,1-2H3;2*3-5H,1-2H3;2*3-4H,1-2H3. The molecule has 5 rings (SSSR count). The molecule has 4 heterocycles. The normalized spacial score (nSPS) is 9.32. The van der Waals surface area contributed by atoms with Crippen LogP contribution in [0.15, 0.2) is 83.8 Å². The van der Waals surface area contributed by atoms with Gasteiger partial charge in [0.15, 0.2) is 0 Å². The van der Waals surface area contributed by atoms with E-state index in [1.807, 2.05) is 38.4 Å². The van der Waals surface area contributed by atoms with Gasteiger partial charge in [-0.15, -0.1) is 22.7 Å². The molecule has 0 atom stereocenters. The quantitative estimate of drug-likeness (QED) is 0.194. The summed E-state index contributed by atoms with van der Waals surface area (Å²) in [5.74, 6) is 0. The third kappa shape index (κ3) is 13.5. The minimum Gasteiger partial charge on any atom is -0.261 e. The average molecular weight is 545 g/mol. The molecule has 0 bridgehead atoms. The number of aromatic nitrogens is 2. The first-order valence-corrected chi connectivity index (χ1v) is 14.6. The Morgan fingerprint density at radius 3 is 0.895 bits per heavy atom. The highest BCUT2D eigenvalue weighted by atomic mass is 32.1. The Morgan fingerprint density at radius 2 is 0.737 bits per heavy atom. The van der Waals surface area contributed by atoms with Crippen molar-refractivity contribution in [2.24, 2.45) is 0 Å². The van der Waals surface area contributed by atoms with Crippen LogP contribution >= 0.6 is 22.7 Å². The molecule has 0 fully saturated rings. The number of hydrogen-bond acceptors (Lipinski definition) is 4. The molecule has 5 aromatic rings. The van der Waals surface area contributed by atoms with E-state index in [9.17, 15) is 0 Å². The van der Waals surface area contributed by atoms with E-state index in [1.54, 1.807) is 22.7 Å². The Labute approximate surface area is 239 Å². The van der Waals surface area contributed by atoms with E-state index >= 15 is 0 Å². The molecule has 4 heteroatoms. The van der Waals surface area contributed by atoms with Crippen molar-refractivity contribution >= 4 is 22.7 Å². The van der Waals surface area contributed by atoms with Crippen LogP contribution in [0.4, 0.5) is 0 Å². The van der Waals surface area contributed by atoms with Crippen LogP contribution in [0, 0.1) is 69.2 Å². The highest BCUT2D eigenvalue weighted by Crippen LogP contribution is 2.12. The van der Waals surface area contributed by atoms with Crippen LogP contribution in [-0.2, 0) is 0 Å². The van der Waals surface area contributed by atoms with Gasteiger partial charge in [-0.05, 0) is 138 Å². The summed E-state index contributed by atoms with van der Waals surface area (Å²) in [5.41, 5.74) is 10.3. The van der Waals surface area contributed by atoms with Gasteiger partial charge >= 0.3 is 0 Å². The first kappa shape index (κ1) is 32.9. The number of benzene rings is 1. The van der Waals surface area contributed by atoms with Crippen LogP contribution in [0.5, 0.6) is 0 Å². The third-order valence-electron chi connectivity index (χ3n) is 6.20. The largest absolute Gasteiger partial charge is 0.261 e. The van der Waals surface area contributed by atoms with Gasteiger partial charge in [-0.1, -0.05) is 36.4 Å². The summed E-state index contributed by atoms with van der Waals surface area (Å²) < 4.78 is 0. The van der Waals surface area contributed by atoms with Crippen molar-refractivity contribution in [3.8, 4) is 0 Å². The zero-order valence-corrected chi connectivity index (χ0v) is 26.4. The molecule has 0 amide bonds. The van der Waals surface area contributed by atoms with Crippen LogP contribution in [0.1, 0.15) is 54.5 Å². The second-order valence-corrected chi connectivity index (χ2v) is 11.5. The maximum absolute atomic E-state index is 4.08. The van der Waals surface area contributed by atoms with Crippen molar-refractivity contribution in [1.82, 2.24) is 9.97 Å². The van der Waals surface area contributed by atoms with Crippen LogP contribution < -0.4 is 0 Å². The Hall–Kier alpha value is -3.08. The van der Waals surface area contributed by atoms with Gasteiger partial charge < -0.3 is 0 Å². The molecule has 38 heavy (non-hydrogen) atoms. The summed E-state index contributed by atoms with van der Waals surface area (Å²) >= 11 is 3.61. The molecule has 0 saturated heterocycles. The SMILES string of the molecule is Cc1ccccc1C.Cc1cccnc1C.Cc1cccnc1C.Cc1ccsc1C.Cc1ccsc1C. The van der Waals surface area contributed by atoms with E-state index in [4.69, 9.17) is 0 Å². The minimum atomic E-state index is 1.12. The Balaban J connectivity index is 0.000000238. The highest BCUT2D eigenvalue weighted by Gasteiger charge is 1.88. The predicted octanol–water partition coefficient (Wildman–Crippen LogP) is 10.4. The van der Waals surface area contributed by atoms with E-state index in [0.29, 0.717) is 0 Å². The summed E-state index contributed by atoms with van der Waals surface area (Å²) in [7, 11) is 0. The zero-order chi connectivity index (χ0) is 28.5. The minimum absolute atomic E-state index is 1.12. The van der Waals surface area contributed by atoms with Gasteiger partial charge in [0.1, 0.15) is 0 Å². The van der Waals surface area contributed by atoms with E-state index in [0.717, 1.165) is 11.4 Å². The molecule has 0 aliphatic rings. The fourth-order valence-corrected chi connectivity index (χ4v) is 4.15. The summed E-state index contributed by atoms with van der Waals surface area (Å²) in [6.45, 7) is 20.9. The number of nitrogens with zero attached hydrogens (tertiary/aromatic N) is 2. The van der Waals surface area contributed by atoms with Gasteiger partial charge in [-0.25, -0.2) is 0 Å². The molecule has 0 N–H and O–H groups in total. The Morgan fingerprint density at radius 1 is 0.395 bits per heavy atom. The maximum Gasteiger partial charge on any atom is 0.0401 e. The van der Waals surface area contributed by atoms with Crippen LogP contribution in [0.2, 0.25) is 0 Å².